The highest BCUT2D eigenvalue weighted by Crippen LogP contribution is 2.21. The molecule has 118 valence electrons. The van der Waals surface area contributed by atoms with Crippen LogP contribution in [0.1, 0.15) is 35.8 Å². The number of aromatic amines is 2. The van der Waals surface area contributed by atoms with Gasteiger partial charge in [-0.05, 0) is 29.5 Å². The van der Waals surface area contributed by atoms with Gasteiger partial charge in [-0.3, -0.25) is 14.7 Å². The van der Waals surface area contributed by atoms with Crippen LogP contribution in [0.4, 0.5) is 5.82 Å². The Morgan fingerprint density at radius 2 is 2.13 bits per heavy atom. The molecule has 0 radical (unpaired) electrons. The van der Waals surface area contributed by atoms with Crippen molar-refractivity contribution in [2.24, 2.45) is 0 Å². The van der Waals surface area contributed by atoms with Crippen LogP contribution >= 0.6 is 11.3 Å². The molecule has 6 nitrogen and oxygen atoms in total. The summed E-state index contributed by atoms with van der Waals surface area (Å²) in [6.07, 6.45) is 0. The molecule has 3 rings (SSSR count). The Bertz CT molecular complexity index is 878. The maximum Gasteiger partial charge on any atom is 0.262 e. The molecule has 0 saturated heterocycles. The van der Waals surface area contributed by atoms with Gasteiger partial charge >= 0.3 is 0 Å². The van der Waals surface area contributed by atoms with Crippen molar-refractivity contribution < 1.29 is 4.79 Å². The van der Waals surface area contributed by atoms with Gasteiger partial charge in [0.15, 0.2) is 5.82 Å². The summed E-state index contributed by atoms with van der Waals surface area (Å²) in [5.41, 5.74) is 1.25. The molecule has 3 N–H and O–H groups in total. The van der Waals surface area contributed by atoms with Crippen molar-refractivity contribution >= 4 is 23.1 Å². The molecule has 3 heterocycles. The van der Waals surface area contributed by atoms with Gasteiger partial charge in [-0.15, -0.1) is 11.3 Å². The molecule has 3 aromatic rings. The van der Waals surface area contributed by atoms with Crippen molar-refractivity contribution in [2.75, 3.05) is 5.32 Å². The molecular weight excluding hydrogens is 312 g/mol. The number of nitrogens with one attached hydrogen (secondary N) is 3. The average Bonchev–Trinajstić information content (AvgIpc) is 3.18. The molecule has 0 fully saturated rings. The Hall–Kier alpha value is -2.67. The lowest BCUT2D eigenvalue weighted by Gasteiger charge is -2.03. The summed E-state index contributed by atoms with van der Waals surface area (Å²) in [5.74, 6) is 0.202. The molecule has 0 unspecified atom stereocenters. The number of hydrogen-bond donors (Lipinski definition) is 3. The minimum absolute atomic E-state index is 0.0550. The first-order valence-corrected chi connectivity index (χ1v) is 8.06. The predicted octanol–water partition coefficient (Wildman–Crippen LogP) is 3.20. The second kappa shape index (κ2) is 6.21. The number of pyridine rings is 1. The van der Waals surface area contributed by atoms with Crippen LogP contribution in [-0.4, -0.2) is 21.1 Å². The first-order valence-electron chi connectivity index (χ1n) is 7.18. The summed E-state index contributed by atoms with van der Waals surface area (Å²) < 4.78 is 0. The summed E-state index contributed by atoms with van der Waals surface area (Å²) in [6.45, 7) is 4.04. The van der Waals surface area contributed by atoms with Gasteiger partial charge in [-0.2, -0.15) is 5.10 Å². The van der Waals surface area contributed by atoms with Crippen LogP contribution in [0.25, 0.3) is 10.6 Å². The number of nitrogens with zero attached hydrogens (tertiary/aromatic N) is 1. The maximum atomic E-state index is 12.2. The maximum absolute atomic E-state index is 12.2. The van der Waals surface area contributed by atoms with E-state index in [9.17, 15) is 9.59 Å². The van der Waals surface area contributed by atoms with Gasteiger partial charge in [0, 0.05) is 11.8 Å². The Labute approximate surface area is 136 Å². The zero-order valence-electron chi connectivity index (χ0n) is 12.7. The lowest BCUT2D eigenvalue weighted by Crippen LogP contribution is -2.23. The summed E-state index contributed by atoms with van der Waals surface area (Å²) >= 11 is 1.52. The topological polar surface area (TPSA) is 90.6 Å². The normalized spacial score (nSPS) is 10.9. The fourth-order valence-electron chi connectivity index (χ4n) is 2.11. The molecule has 0 aliphatic rings. The summed E-state index contributed by atoms with van der Waals surface area (Å²) in [6, 6.07) is 8.83. The van der Waals surface area contributed by atoms with Gasteiger partial charge in [0.2, 0.25) is 0 Å². The van der Waals surface area contributed by atoms with E-state index in [1.807, 2.05) is 31.4 Å². The highest BCUT2D eigenvalue weighted by Gasteiger charge is 2.14. The van der Waals surface area contributed by atoms with E-state index in [1.54, 1.807) is 12.1 Å². The third-order valence-electron chi connectivity index (χ3n) is 3.40. The predicted molar refractivity (Wildman–Crippen MR) is 91.0 cm³/mol. The minimum Gasteiger partial charge on any atom is -0.321 e. The molecule has 0 atom stereocenters. The molecule has 23 heavy (non-hydrogen) atoms. The number of rotatable bonds is 4. The molecule has 3 aromatic heterocycles. The smallest absolute Gasteiger partial charge is 0.262 e. The van der Waals surface area contributed by atoms with Gasteiger partial charge < -0.3 is 10.3 Å². The van der Waals surface area contributed by atoms with Crippen LogP contribution in [-0.2, 0) is 0 Å². The summed E-state index contributed by atoms with van der Waals surface area (Å²) in [4.78, 5) is 28.1. The van der Waals surface area contributed by atoms with E-state index >= 15 is 0 Å². The molecule has 0 spiro atoms. The fraction of sp³-hybridized carbons (Fsp3) is 0.188. The van der Waals surface area contributed by atoms with Crippen molar-refractivity contribution in [3.8, 4) is 10.6 Å². The van der Waals surface area contributed by atoms with E-state index < -0.39 is 11.5 Å². The Kier molecular flexibility index (Phi) is 4.12. The highest BCUT2D eigenvalue weighted by atomic mass is 32.1. The molecule has 0 bridgehead atoms. The van der Waals surface area contributed by atoms with Crippen LogP contribution in [0.15, 0.2) is 40.5 Å². The molecule has 0 aliphatic heterocycles. The number of carbonyl (C=O) groups is 1. The largest absolute Gasteiger partial charge is 0.321 e. The second-order valence-electron chi connectivity index (χ2n) is 5.41. The van der Waals surface area contributed by atoms with E-state index in [2.05, 4.69) is 20.5 Å². The molecule has 1 amide bonds. The van der Waals surface area contributed by atoms with E-state index in [0.29, 0.717) is 11.5 Å². The van der Waals surface area contributed by atoms with Gasteiger partial charge in [0.1, 0.15) is 5.56 Å². The quantitative estimate of drug-likeness (QED) is 0.687. The van der Waals surface area contributed by atoms with Gasteiger partial charge in [0.25, 0.3) is 11.5 Å². The molecule has 0 saturated carbocycles. The number of aromatic nitrogens is 3. The van der Waals surface area contributed by atoms with Crippen LogP contribution in [0, 0.1) is 0 Å². The average molecular weight is 328 g/mol. The van der Waals surface area contributed by atoms with Gasteiger partial charge in [-0.1, -0.05) is 19.9 Å². The summed E-state index contributed by atoms with van der Waals surface area (Å²) in [5, 5.41) is 11.4. The van der Waals surface area contributed by atoms with Gasteiger partial charge in [-0.25, -0.2) is 0 Å². The minimum atomic E-state index is -0.481. The van der Waals surface area contributed by atoms with Gasteiger partial charge in [0.05, 0.1) is 10.6 Å². The fourth-order valence-corrected chi connectivity index (χ4v) is 2.82. The van der Waals surface area contributed by atoms with Crippen LogP contribution in [0.5, 0.6) is 0 Å². The van der Waals surface area contributed by atoms with Crippen molar-refractivity contribution in [3.05, 3.63) is 57.3 Å². The monoisotopic (exact) mass is 328 g/mol. The number of amides is 1. The molecule has 0 aromatic carbocycles. The standard InChI is InChI=1S/C16H16N4O2S/c1-9(2)12-8-14(20-19-12)18-16(22)10-5-6-11(17-15(10)21)13-4-3-7-23-13/h3-9H,1-2H3,(H,17,21)(H2,18,19,20,22). The van der Waals surface area contributed by atoms with E-state index in [-0.39, 0.29) is 11.5 Å². The van der Waals surface area contributed by atoms with Crippen molar-refractivity contribution in [2.45, 2.75) is 19.8 Å². The lowest BCUT2D eigenvalue weighted by atomic mass is 10.1. The number of H-pyrrole nitrogens is 2. The molecular formula is C16H16N4O2S. The third-order valence-corrected chi connectivity index (χ3v) is 4.31. The van der Waals surface area contributed by atoms with Crippen molar-refractivity contribution in [1.29, 1.82) is 0 Å². The Morgan fingerprint density at radius 3 is 2.74 bits per heavy atom. The SMILES string of the molecule is CC(C)c1cc(NC(=O)c2ccc(-c3cccs3)[nH]c2=O)n[nH]1. The number of carbonyl (C=O) groups excluding carboxylic acids is 1. The van der Waals surface area contributed by atoms with E-state index in [1.165, 1.54) is 17.4 Å². The zero-order valence-corrected chi connectivity index (χ0v) is 13.5. The Morgan fingerprint density at radius 1 is 1.30 bits per heavy atom. The number of thiophene rings is 1. The molecule has 7 heteroatoms. The first kappa shape index (κ1) is 15.2. The third kappa shape index (κ3) is 3.24. The summed E-state index contributed by atoms with van der Waals surface area (Å²) in [7, 11) is 0. The highest BCUT2D eigenvalue weighted by molar-refractivity contribution is 7.13. The number of hydrogen-bond acceptors (Lipinski definition) is 4. The van der Waals surface area contributed by atoms with Crippen molar-refractivity contribution in [1.82, 2.24) is 15.2 Å². The number of anilines is 1. The van der Waals surface area contributed by atoms with Crippen LogP contribution < -0.4 is 10.9 Å². The lowest BCUT2D eigenvalue weighted by molar-refractivity contribution is 0.102. The van der Waals surface area contributed by atoms with E-state index in [4.69, 9.17) is 0 Å². The first-order chi connectivity index (χ1) is 11.0. The molecule has 0 aliphatic carbocycles. The second-order valence-corrected chi connectivity index (χ2v) is 6.36. The van der Waals surface area contributed by atoms with Crippen molar-refractivity contribution in [3.63, 3.8) is 0 Å². The van der Waals surface area contributed by atoms with E-state index in [0.717, 1.165) is 10.6 Å². The Balaban J connectivity index is 1.80. The zero-order chi connectivity index (χ0) is 16.4. The van der Waals surface area contributed by atoms with Crippen LogP contribution in [0.2, 0.25) is 0 Å². The van der Waals surface area contributed by atoms with Crippen LogP contribution in [0.3, 0.4) is 0 Å².